The molecule has 0 saturated heterocycles. The molecule has 1 heteroatoms. The number of anilines is 3. The fourth-order valence-electron chi connectivity index (χ4n) is 4.75. The Labute approximate surface area is 244 Å². The summed E-state index contributed by atoms with van der Waals surface area (Å²) < 4.78 is 0. The predicted molar refractivity (Wildman–Crippen MR) is 180 cm³/mol. The van der Waals surface area contributed by atoms with Gasteiger partial charge in [-0.3, -0.25) is 0 Å². The van der Waals surface area contributed by atoms with Crippen LogP contribution in [0.2, 0.25) is 0 Å². The first kappa shape index (κ1) is 27.4. The smallest absolute Gasteiger partial charge is 0.0490 e. The molecular weight excluding hydrogens is 494 g/mol. The summed E-state index contributed by atoms with van der Waals surface area (Å²) in [5, 5.41) is 0. The zero-order chi connectivity index (χ0) is 28.3. The molecular formula is C40H35N. The molecule has 0 radical (unpaired) electrons. The van der Waals surface area contributed by atoms with Crippen LogP contribution < -0.4 is 4.90 Å². The summed E-state index contributed by atoms with van der Waals surface area (Å²) >= 11 is 0. The molecule has 41 heavy (non-hydrogen) atoms. The lowest BCUT2D eigenvalue weighted by molar-refractivity contribution is 1.24. The van der Waals surface area contributed by atoms with Crippen molar-refractivity contribution < 1.29 is 0 Å². The zero-order valence-corrected chi connectivity index (χ0v) is 23.7. The second kappa shape index (κ2) is 13.8. The number of allylic oxidation sites excluding steroid dienone is 4. The molecule has 0 aliphatic carbocycles. The monoisotopic (exact) mass is 529 g/mol. The van der Waals surface area contributed by atoms with Crippen LogP contribution in [0.25, 0.3) is 24.3 Å². The number of hydrogen-bond acceptors (Lipinski definition) is 1. The van der Waals surface area contributed by atoms with Crippen LogP contribution in [0.4, 0.5) is 17.1 Å². The number of aryl methyl sites for hydroxylation is 2. The molecule has 0 aromatic heterocycles. The van der Waals surface area contributed by atoms with E-state index in [0.29, 0.717) is 0 Å². The van der Waals surface area contributed by atoms with Crippen molar-refractivity contribution >= 4 is 41.4 Å². The molecule has 0 spiro atoms. The van der Waals surface area contributed by atoms with Crippen molar-refractivity contribution in [2.75, 3.05) is 4.90 Å². The maximum absolute atomic E-state index is 2.33. The normalized spacial score (nSPS) is 11.8. The van der Waals surface area contributed by atoms with Gasteiger partial charge in [0.15, 0.2) is 0 Å². The molecule has 0 unspecified atom stereocenters. The molecule has 5 aromatic rings. The third-order valence-corrected chi connectivity index (χ3v) is 6.87. The van der Waals surface area contributed by atoms with Gasteiger partial charge in [-0.25, -0.2) is 0 Å². The predicted octanol–water partition coefficient (Wildman–Crippen LogP) is 11.2. The van der Waals surface area contributed by atoms with Gasteiger partial charge >= 0.3 is 0 Å². The average Bonchev–Trinajstić information content (AvgIpc) is 3.01. The van der Waals surface area contributed by atoms with Crippen LogP contribution in [0, 0.1) is 13.8 Å². The Morgan fingerprint density at radius 2 is 0.805 bits per heavy atom. The molecule has 0 heterocycles. The summed E-state index contributed by atoms with van der Waals surface area (Å²) in [6.45, 7) is 4.32. The molecule has 0 N–H and O–H groups in total. The third-order valence-electron chi connectivity index (χ3n) is 6.87. The van der Waals surface area contributed by atoms with Crippen LogP contribution in [0.3, 0.4) is 0 Å². The number of benzene rings is 5. The zero-order valence-electron chi connectivity index (χ0n) is 23.7. The van der Waals surface area contributed by atoms with Gasteiger partial charge in [-0.05, 0) is 72.0 Å². The van der Waals surface area contributed by atoms with E-state index in [-0.39, 0.29) is 0 Å². The number of nitrogens with zero attached hydrogens (tertiary/aromatic N) is 1. The highest BCUT2D eigenvalue weighted by Crippen LogP contribution is 2.37. The van der Waals surface area contributed by atoms with Gasteiger partial charge in [-0.2, -0.15) is 0 Å². The van der Waals surface area contributed by atoms with Gasteiger partial charge in [0, 0.05) is 17.1 Å². The van der Waals surface area contributed by atoms with E-state index >= 15 is 0 Å². The Morgan fingerprint density at radius 3 is 1.20 bits per heavy atom. The van der Waals surface area contributed by atoms with E-state index in [4.69, 9.17) is 0 Å². The third kappa shape index (κ3) is 7.71. The molecule has 0 bridgehead atoms. The average molecular weight is 530 g/mol. The quantitative estimate of drug-likeness (QED) is 0.172. The van der Waals surface area contributed by atoms with E-state index in [2.05, 4.69) is 183 Å². The van der Waals surface area contributed by atoms with Crippen LogP contribution >= 0.6 is 0 Å². The van der Waals surface area contributed by atoms with E-state index in [1.807, 2.05) is 12.1 Å². The van der Waals surface area contributed by atoms with E-state index < -0.39 is 0 Å². The second-order valence-corrected chi connectivity index (χ2v) is 10.1. The van der Waals surface area contributed by atoms with Crippen LogP contribution in [-0.2, 0) is 0 Å². The summed E-state index contributed by atoms with van der Waals surface area (Å²) in [7, 11) is 0. The maximum Gasteiger partial charge on any atom is 0.0490 e. The van der Waals surface area contributed by atoms with Crippen LogP contribution in [0.15, 0.2) is 152 Å². The van der Waals surface area contributed by atoms with Crippen LogP contribution in [0.5, 0.6) is 0 Å². The summed E-state index contributed by atoms with van der Waals surface area (Å²) in [6.07, 6.45) is 16.8. The second-order valence-electron chi connectivity index (χ2n) is 10.1. The minimum atomic E-state index is 1.13. The molecule has 0 atom stereocenters. The van der Waals surface area contributed by atoms with Gasteiger partial charge in [-0.1, -0.05) is 151 Å². The molecule has 0 aliphatic heterocycles. The summed E-state index contributed by atoms with van der Waals surface area (Å²) in [6, 6.07) is 44.8. The first-order valence-electron chi connectivity index (χ1n) is 14.0. The lowest BCUT2D eigenvalue weighted by Crippen LogP contribution is -2.11. The molecule has 5 rings (SSSR count). The van der Waals surface area contributed by atoms with Crippen molar-refractivity contribution in [3.8, 4) is 0 Å². The first-order chi connectivity index (χ1) is 20.2. The Kier molecular flexibility index (Phi) is 9.22. The fourth-order valence-corrected chi connectivity index (χ4v) is 4.75. The summed E-state index contributed by atoms with van der Waals surface area (Å²) in [5.41, 5.74) is 10.7. The van der Waals surface area contributed by atoms with Gasteiger partial charge in [0.1, 0.15) is 0 Å². The Balaban J connectivity index is 1.36. The van der Waals surface area contributed by atoms with Gasteiger partial charge in [0.2, 0.25) is 0 Å². The van der Waals surface area contributed by atoms with Crippen molar-refractivity contribution in [1.29, 1.82) is 0 Å². The molecule has 200 valence electrons. The standard InChI is InChI=1S/C40H35N/c1-32-21-30-40(33(2)31-32)41(38-26-22-36(23-27-38)19-11-9-17-34-13-5-3-6-14-34)39-28-24-37(25-29-39)20-12-10-18-35-15-7-4-8-16-35/h3-31H,1-2H3. The Morgan fingerprint density at radius 1 is 0.415 bits per heavy atom. The number of rotatable bonds is 9. The highest BCUT2D eigenvalue weighted by Gasteiger charge is 2.14. The molecule has 0 saturated carbocycles. The maximum atomic E-state index is 2.33. The van der Waals surface area contributed by atoms with Crippen LogP contribution in [-0.4, -0.2) is 0 Å². The summed E-state index contributed by atoms with van der Waals surface area (Å²) in [4.78, 5) is 2.33. The van der Waals surface area contributed by atoms with Crippen molar-refractivity contribution in [2.45, 2.75) is 13.8 Å². The molecule has 5 aromatic carbocycles. The minimum Gasteiger partial charge on any atom is -0.310 e. The van der Waals surface area contributed by atoms with Crippen molar-refractivity contribution in [3.63, 3.8) is 0 Å². The topological polar surface area (TPSA) is 3.24 Å². The van der Waals surface area contributed by atoms with E-state index in [9.17, 15) is 0 Å². The molecule has 1 nitrogen and oxygen atoms in total. The largest absolute Gasteiger partial charge is 0.310 e. The lowest BCUT2D eigenvalue weighted by Gasteiger charge is -2.27. The van der Waals surface area contributed by atoms with Gasteiger partial charge in [0.05, 0.1) is 0 Å². The molecule has 0 aliphatic rings. The number of hydrogen-bond donors (Lipinski definition) is 0. The minimum absolute atomic E-state index is 1.13. The molecule has 0 fully saturated rings. The van der Waals surface area contributed by atoms with E-state index in [1.165, 1.54) is 27.9 Å². The fraction of sp³-hybridized carbons (Fsp3) is 0.0500. The van der Waals surface area contributed by atoms with Gasteiger partial charge in [-0.15, -0.1) is 0 Å². The molecule has 0 amide bonds. The highest BCUT2D eigenvalue weighted by molar-refractivity contribution is 5.79. The van der Waals surface area contributed by atoms with Crippen molar-refractivity contribution in [1.82, 2.24) is 0 Å². The van der Waals surface area contributed by atoms with Gasteiger partial charge < -0.3 is 4.90 Å². The SMILES string of the molecule is Cc1ccc(N(c2ccc(C=CC=Cc3ccccc3)cc2)c2ccc(C=CC=Cc3ccccc3)cc2)c(C)c1. The van der Waals surface area contributed by atoms with Crippen molar-refractivity contribution in [3.05, 3.63) is 185 Å². The lowest BCUT2D eigenvalue weighted by atomic mass is 10.1. The van der Waals surface area contributed by atoms with E-state index in [0.717, 1.165) is 22.5 Å². The highest BCUT2D eigenvalue weighted by atomic mass is 15.1. The summed E-state index contributed by atoms with van der Waals surface area (Å²) in [5.74, 6) is 0. The van der Waals surface area contributed by atoms with Gasteiger partial charge in [0.25, 0.3) is 0 Å². The first-order valence-corrected chi connectivity index (χ1v) is 14.0. The van der Waals surface area contributed by atoms with E-state index in [1.54, 1.807) is 0 Å². The van der Waals surface area contributed by atoms with Crippen LogP contribution in [0.1, 0.15) is 33.4 Å². The Hall–Kier alpha value is -5.14. The Bertz CT molecular complexity index is 1550. The van der Waals surface area contributed by atoms with Crippen molar-refractivity contribution in [2.24, 2.45) is 0 Å².